The summed E-state index contributed by atoms with van der Waals surface area (Å²) in [6.07, 6.45) is 0. The average molecular weight is 350 g/mol. The molecule has 0 spiro atoms. The Balaban J connectivity index is 2.19. The van der Waals surface area contributed by atoms with Crippen LogP contribution in [-0.4, -0.2) is 15.3 Å². The van der Waals surface area contributed by atoms with Crippen LogP contribution in [0.15, 0.2) is 28.7 Å². The number of halogens is 1. The molecule has 4 heteroatoms. The van der Waals surface area contributed by atoms with Gasteiger partial charge in [-0.25, -0.2) is 0 Å². The van der Waals surface area contributed by atoms with Gasteiger partial charge in [0, 0.05) is 27.8 Å². The quantitative estimate of drug-likeness (QED) is 0.896. The third kappa shape index (κ3) is 4.42. The van der Waals surface area contributed by atoms with Crippen LogP contribution in [0.5, 0.6) is 0 Å². The van der Waals surface area contributed by atoms with Gasteiger partial charge >= 0.3 is 0 Å². The van der Waals surface area contributed by atoms with Crippen molar-refractivity contribution in [3.63, 3.8) is 0 Å². The van der Waals surface area contributed by atoms with Crippen molar-refractivity contribution in [2.75, 3.05) is 0 Å². The average Bonchev–Trinajstić information content (AvgIpc) is 2.61. The van der Waals surface area contributed by atoms with Crippen molar-refractivity contribution in [2.24, 2.45) is 0 Å². The largest absolute Gasteiger partial charge is 0.308 e. The zero-order chi connectivity index (χ0) is 15.6. The van der Waals surface area contributed by atoms with E-state index in [4.69, 9.17) is 5.10 Å². The second-order valence-corrected chi connectivity index (χ2v) is 7.46. The van der Waals surface area contributed by atoms with E-state index in [0.29, 0.717) is 0 Å². The summed E-state index contributed by atoms with van der Waals surface area (Å²) in [4.78, 5) is 0. The second kappa shape index (κ2) is 6.32. The predicted octanol–water partition coefficient (Wildman–Crippen LogP) is 4.20. The number of hydrogen-bond acceptors (Lipinski definition) is 2. The number of hydrogen-bond donors (Lipinski definition) is 1. The van der Waals surface area contributed by atoms with E-state index in [2.05, 4.69) is 78.7 Å². The van der Waals surface area contributed by atoms with Crippen molar-refractivity contribution >= 4 is 15.9 Å². The van der Waals surface area contributed by atoms with Gasteiger partial charge in [0.15, 0.2) is 0 Å². The molecule has 114 valence electrons. The minimum absolute atomic E-state index is 0.116. The lowest BCUT2D eigenvalue weighted by molar-refractivity contribution is 0.423. The van der Waals surface area contributed by atoms with Gasteiger partial charge in [0.1, 0.15) is 0 Å². The van der Waals surface area contributed by atoms with Gasteiger partial charge in [0.05, 0.1) is 12.2 Å². The van der Waals surface area contributed by atoms with Crippen LogP contribution >= 0.6 is 15.9 Å². The van der Waals surface area contributed by atoms with Crippen molar-refractivity contribution in [1.82, 2.24) is 15.1 Å². The standard InChI is InChI=1S/C17H24BrN3/c1-12-16(10-19-17(3,4)5)13(2)21(20-12)11-14-7-6-8-15(18)9-14/h6-9,19H,10-11H2,1-5H3. The summed E-state index contributed by atoms with van der Waals surface area (Å²) in [5, 5.41) is 8.24. The van der Waals surface area contributed by atoms with Crippen LogP contribution in [-0.2, 0) is 13.1 Å². The molecule has 0 unspecified atom stereocenters. The van der Waals surface area contributed by atoms with Crippen LogP contribution in [0.1, 0.15) is 43.3 Å². The molecule has 0 saturated heterocycles. The highest BCUT2D eigenvalue weighted by atomic mass is 79.9. The molecule has 2 aromatic rings. The van der Waals surface area contributed by atoms with Gasteiger partial charge in [-0.2, -0.15) is 5.10 Å². The monoisotopic (exact) mass is 349 g/mol. The van der Waals surface area contributed by atoms with Gasteiger partial charge < -0.3 is 5.32 Å². The van der Waals surface area contributed by atoms with E-state index in [-0.39, 0.29) is 5.54 Å². The van der Waals surface area contributed by atoms with Gasteiger partial charge in [-0.3, -0.25) is 4.68 Å². The van der Waals surface area contributed by atoms with E-state index in [9.17, 15) is 0 Å². The van der Waals surface area contributed by atoms with E-state index in [0.717, 1.165) is 23.3 Å². The molecule has 1 aromatic carbocycles. The molecule has 2 rings (SSSR count). The Bertz CT molecular complexity index is 623. The molecular formula is C17H24BrN3. The molecule has 0 bridgehead atoms. The van der Waals surface area contributed by atoms with Gasteiger partial charge in [-0.1, -0.05) is 28.1 Å². The highest BCUT2D eigenvalue weighted by Crippen LogP contribution is 2.17. The zero-order valence-electron chi connectivity index (χ0n) is 13.5. The Hall–Kier alpha value is -1.13. The maximum atomic E-state index is 4.70. The first-order chi connectivity index (χ1) is 9.76. The molecule has 0 aliphatic heterocycles. The first kappa shape index (κ1) is 16.2. The Morgan fingerprint density at radius 1 is 1.24 bits per heavy atom. The number of aromatic nitrogens is 2. The Morgan fingerprint density at radius 3 is 2.57 bits per heavy atom. The number of benzene rings is 1. The molecule has 0 aliphatic carbocycles. The normalized spacial score (nSPS) is 11.9. The lowest BCUT2D eigenvalue weighted by Gasteiger charge is -2.20. The van der Waals surface area contributed by atoms with Crippen molar-refractivity contribution in [3.05, 3.63) is 51.3 Å². The van der Waals surface area contributed by atoms with Crippen LogP contribution in [0, 0.1) is 13.8 Å². The third-order valence-corrected chi connectivity index (χ3v) is 4.04. The molecular weight excluding hydrogens is 326 g/mol. The predicted molar refractivity (Wildman–Crippen MR) is 91.5 cm³/mol. The van der Waals surface area contributed by atoms with Crippen molar-refractivity contribution < 1.29 is 0 Å². The molecule has 1 aromatic heterocycles. The summed E-state index contributed by atoms with van der Waals surface area (Å²) in [7, 11) is 0. The lowest BCUT2D eigenvalue weighted by Crippen LogP contribution is -2.35. The molecule has 0 fully saturated rings. The maximum absolute atomic E-state index is 4.70. The summed E-state index contributed by atoms with van der Waals surface area (Å²) in [6.45, 7) is 12.5. The molecule has 0 aliphatic rings. The minimum atomic E-state index is 0.116. The topological polar surface area (TPSA) is 29.9 Å². The zero-order valence-corrected chi connectivity index (χ0v) is 15.1. The Kier molecular flexibility index (Phi) is 4.89. The summed E-state index contributed by atoms with van der Waals surface area (Å²) in [5.41, 5.74) is 5.03. The van der Waals surface area contributed by atoms with Gasteiger partial charge in [0.2, 0.25) is 0 Å². The number of nitrogens with one attached hydrogen (secondary N) is 1. The number of aryl methyl sites for hydroxylation is 1. The van der Waals surface area contributed by atoms with E-state index in [1.54, 1.807) is 0 Å². The minimum Gasteiger partial charge on any atom is -0.308 e. The van der Waals surface area contributed by atoms with Crippen LogP contribution in [0.25, 0.3) is 0 Å². The summed E-state index contributed by atoms with van der Waals surface area (Å²) in [6, 6.07) is 8.38. The van der Waals surface area contributed by atoms with Crippen molar-refractivity contribution in [3.8, 4) is 0 Å². The van der Waals surface area contributed by atoms with Crippen LogP contribution in [0.4, 0.5) is 0 Å². The van der Waals surface area contributed by atoms with E-state index < -0.39 is 0 Å². The van der Waals surface area contributed by atoms with E-state index >= 15 is 0 Å². The molecule has 0 atom stereocenters. The van der Waals surface area contributed by atoms with E-state index in [1.807, 2.05) is 6.07 Å². The fourth-order valence-electron chi connectivity index (χ4n) is 2.31. The fourth-order valence-corrected chi connectivity index (χ4v) is 2.75. The molecule has 0 amide bonds. The van der Waals surface area contributed by atoms with Crippen molar-refractivity contribution in [2.45, 2.75) is 53.2 Å². The Morgan fingerprint density at radius 2 is 1.95 bits per heavy atom. The first-order valence-corrected chi connectivity index (χ1v) is 8.08. The molecule has 3 nitrogen and oxygen atoms in total. The number of rotatable bonds is 4. The van der Waals surface area contributed by atoms with Gasteiger partial charge in [0.25, 0.3) is 0 Å². The van der Waals surface area contributed by atoms with Crippen LogP contribution in [0.3, 0.4) is 0 Å². The fraction of sp³-hybridized carbons (Fsp3) is 0.471. The molecule has 0 radical (unpaired) electrons. The highest BCUT2D eigenvalue weighted by Gasteiger charge is 2.15. The third-order valence-electron chi connectivity index (χ3n) is 3.55. The Labute approximate surface area is 135 Å². The smallest absolute Gasteiger partial charge is 0.0663 e. The first-order valence-electron chi connectivity index (χ1n) is 7.28. The number of nitrogens with zero attached hydrogens (tertiary/aromatic N) is 2. The van der Waals surface area contributed by atoms with Crippen LogP contribution in [0.2, 0.25) is 0 Å². The second-order valence-electron chi connectivity index (χ2n) is 6.54. The summed E-state index contributed by atoms with van der Waals surface area (Å²) in [5.74, 6) is 0. The highest BCUT2D eigenvalue weighted by molar-refractivity contribution is 9.10. The maximum Gasteiger partial charge on any atom is 0.0663 e. The lowest BCUT2D eigenvalue weighted by atomic mass is 10.1. The van der Waals surface area contributed by atoms with Gasteiger partial charge in [-0.15, -0.1) is 0 Å². The molecule has 21 heavy (non-hydrogen) atoms. The summed E-state index contributed by atoms with van der Waals surface area (Å²) < 4.78 is 3.20. The molecule has 1 N–H and O–H groups in total. The molecule has 1 heterocycles. The molecule has 0 saturated carbocycles. The van der Waals surface area contributed by atoms with Crippen molar-refractivity contribution in [1.29, 1.82) is 0 Å². The SMILES string of the molecule is Cc1nn(Cc2cccc(Br)c2)c(C)c1CNC(C)(C)C. The van der Waals surface area contributed by atoms with Crippen LogP contribution < -0.4 is 5.32 Å². The summed E-state index contributed by atoms with van der Waals surface area (Å²) >= 11 is 3.52. The van der Waals surface area contributed by atoms with Gasteiger partial charge in [-0.05, 0) is 52.3 Å². The van der Waals surface area contributed by atoms with E-state index in [1.165, 1.54) is 16.8 Å².